The Hall–Kier alpha value is -3.08. The van der Waals surface area contributed by atoms with E-state index in [1.165, 1.54) is 10.9 Å². The van der Waals surface area contributed by atoms with E-state index in [0.29, 0.717) is 12.8 Å². The molecule has 0 aliphatic carbocycles. The van der Waals surface area contributed by atoms with Crippen LogP contribution in [0.4, 0.5) is 0 Å². The Morgan fingerprint density at radius 1 is 1.07 bits per heavy atom. The minimum Gasteiger partial charge on any atom is -0.481 e. The van der Waals surface area contributed by atoms with E-state index in [0.717, 1.165) is 17.5 Å². The summed E-state index contributed by atoms with van der Waals surface area (Å²) >= 11 is 0. The number of aliphatic carboxylic acids is 1. The lowest BCUT2D eigenvalue weighted by atomic mass is 9.94. The second kappa shape index (κ2) is 8.54. The molecule has 2 atom stereocenters. The molecule has 0 fully saturated rings. The zero-order valence-corrected chi connectivity index (χ0v) is 15.3. The molecule has 5 heteroatoms. The molecule has 3 N–H and O–H groups in total. The number of aromatic nitrogens is 1. The fraction of sp³-hybridized carbons (Fsp3) is 0.273. The number of carboxylic acids is 1. The summed E-state index contributed by atoms with van der Waals surface area (Å²) < 4.78 is 0. The number of hydrogen-bond acceptors (Lipinski definition) is 2. The molecule has 0 spiro atoms. The zero-order chi connectivity index (χ0) is 19.2. The van der Waals surface area contributed by atoms with Gasteiger partial charge in [-0.1, -0.05) is 48.5 Å². The molecule has 0 aliphatic rings. The number of carbonyl (C=O) groups excluding carboxylic acids is 1. The van der Waals surface area contributed by atoms with Crippen LogP contribution in [-0.2, 0) is 16.0 Å². The van der Waals surface area contributed by atoms with E-state index in [4.69, 9.17) is 0 Å². The minimum atomic E-state index is -0.928. The summed E-state index contributed by atoms with van der Waals surface area (Å²) in [5, 5.41) is 13.5. The van der Waals surface area contributed by atoms with Gasteiger partial charge in [0, 0.05) is 23.5 Å². The Kier molecular flexibility index (Phi) is 5.91. The highest BCUT2D eigenvalue weighted by molar-refractivity contribution is 5.83. The molecule has 1 heterocycles. The lowest BCUT2D eigenvalue weighted by molar-refractivity contribution is -0.142. The maximum Gasteiger partial charge on any atom is 0.308 e. The fourth-order valence-electron chi connectivity index (χ4n) is 3.32. The van der Waals surface area contributed by atoms with Crippen molar-refractivity contribution in [2.75, 3.05) is 0 Å². The highest BCUT2D eigenvalue weighted by Gasteiger charge is 2.26. The number of rotatable bonds is 8. The minimum absolute atomic E-state index is 0.128. The van der Waals surface area contributed by atoms with E-state index in [1.54, 1.807) is 6.92 Å². The topological polar surface area (TPSA) is 82.2 Å². The monoisotopic (exact) mass is 364 g/mol. The molecule has 3 aromatic rings. The second-order valence-electron chi connectivity index (χ2n) is 6.80. The number of aromatic amines is 1. The van der Waals surface area contributed by atoms with Crippen LogP contribution in [0.5, 0.6) is 0 Å². The van der Waals surface area contributed by atoms with Crippen LogP contribution in [0.1, 0.15) is 36.9 Å². The van der Waals surface area contributed by atoms with Gasteiger partial charge in [0.05, 0.1) is 12.0 Å². The number of carbonyl (C=O) groups is 2. The molecule has 1 aromatic heterocycles. The van der Waals surface area contributed by atoms with Gasteiger partial charge in [0.25, 0.3) is 0 Å². The van der Waals surface area contributed by atoms with Crippen LogP contribution in [0.3, 0.4) is 0 Å². The highest BCUT2D eigenvalue weighted by Crippen LogP contribution is 2.23. The second-order valence-corrected chi connectivity index (χ2v) is 6.80. The first-order chi connectivity index (χ1) is 13.1. The van der Waals surface area contributed by atoms with Crippen LogP contribution < -0.4 is 5.32 Å². The number of aryl methyl sites for hydroxylation is 1. The molecule has 140 valence electrons. The summed E-state index contributed by atoms with van der Waals surface area (Å²) in [5.74, 6) is -1.76. The van der Waals surface area contributed by atoms with Crippen LogP contribution >= 0.6 is 0 Å². The van der Waals surface area contributed by atoms with Gasteiger partial charge in [-0.3, -0.25) is 9.59 Å². The number of nitrogens with one attached hydrogen (secondary N) is 2. The first-order valence-corrected chi connectivity index (χ1v) is 9.18. The summed E-state index contributed by atoms with van der Waals surface area (Å²) in [6, 6.07) is 16.8. The SMILES string of the molecule is CC(C(=O)O)C(NC(=O)CCCc1c[nH]c2ccccc12)c1ccccc1. The fourth-order valence-corrected chi connectivity index (χ4v) is 3.32. The summed E-state index contributed by atoms with van der Waals surface area (Å²) in [6.45, 7) is 1.62. The molecule has 3 rings (SSSR count). The standard InChI is InChI=1S/C22H24N2O3/c1-15(22(26)27)21(16-8-3-2-4-9-16)24-20(25)13-7-10-17-14-23-19-12-6-5-11-18(17)19/h2-6,8-9,11-12,14-15,21,23H,7,10,13H2,1H3,(H,24,25)(H,26,27). The van der Waals surface area contributed by atoms with Gasteiger partial charge < -0.3 is 15.4 Å². The normalized spacial score (nSPS) is 13.2. The van der Waals surface area contributed by atoms with Crippen molar-refractivity contribution in [3.8, 4) is 0 Å². The van der Waals surface area contributed by atoms with Crippen LogP contribution in [0.25, 0.3) is 10.9 Å². The van der Waals surface area contributed by atoms with Gasteiger partial charge in [0.15, 0.2) is 0 Å². The van der Waals surface area contributed by atoms with Gasteiger partial charge in [0.2, 0.25) is 5.91 Å². The van der Waals surface area contributed by atoms with Gasteiger partial charge in [-0.25, -0.2) is 0 Å². The number of carboxylic acid groups (broad SMARTS) is 1. The smallest absolute Gasteiger partial charge is 0.308 e. The van der Waals surface area contributed by atoms with E-state index in [1.807, 2.05) is 54.7 Å². The number of benzene rings is 2. The molecular weight excluding hydrogens is 340 g/mol. The maximum atomic E-state index is 12.4. The summed E-state index contributed by atoms with van der Waals surface area (Å²) in [6.07, 6.45) is 3.84. The van der Waals surface area contributed by atoms with Crippen molar-refractivity contribution in [2.45, 2.75) is 32.2 Å². The first-order valence-electron chi connectivity index (χ1n) is 9.18. The van der Waals surface area contributed by atoms with Crippen molar-refractivity contribution in [1.82, 2.24) is 10.3 Å². The Bertz CT molecular complexity index is 917. The van der Waals surface area contributed by atoms with Crippen LogP contribution in [0, 0.1) is 5.92 Å². The predicted molar refractivity (Wildman–Crippen MR) is 105 cm³/mol. The summed E-state index contributed by atoms with van der Waals surface area (Å²) in [7, 11) is 0. The quantitative estimate of drug-likeness (QED) is 0.563. The zero-order valence-electron chi connectivity index (χ0n) is 15.3. The molecule has 0 saturated heterocycles. The lowest BCUT2D eigenvalue weighted by Gasteiger charge is -2.23. The number of fused-ring (bicyclic) bond motifs is 1. The first kappa shape index (κ1) is 18.7. The molecule has 2 aromatic carbocycles. The largest absolute Gasteiger partial charge is 0.481 e. The van der Waals surface area contributed by atoms with Crippen molar-refractivity contribution < 1.29 is 14.7 Å². The van der Waals surface area contributed by atoms with Crippen molar-refractivity contribution in [3.05, 3.63) is 71.9 Å². The van der Waals surface area contributed by atoms with Gasteiger partial charge in [-0.15, -0.1) is 0 Å². The van der Waals surface area contributed by atoms with Crippen LogP contribution in [-0.4, -0.2) is 22.0 Å². The van der Waals surface area contributed by atoms with Crippen molar-refractivity contribution in [1.29, 1.82) is 0 Å². The molecule has 0 saturated carbocycles. The van der Waals surface area contributed by atoms with Crippen molar-refractivity contribution in [2.24, 2.45) is 5.92 Å². The number of hydrogen-bond donors (Lipinski definition) is 3. The Morgan fingerprint density at radius 2 is 1.78 bits per heavy atom. The molecule has 27 heavy (non-hydrogen) atoms. The van der Waals surface area contributed by atoms with Gasteiger partial charge in [-0.2, -0.15) is 0 Å². The van der Waals surface area contributed by atoms with Gasteiger partial charge in [0.1, 0.15) is 0 Å². The Morgan fingerprint density at radius 3 is 2.52 bits per heavy atom. The number of H-pyrrole nitrogens is 1. The molecule has 0 radical (unpaired) electrons. The van der Waals surface area contributed by atoms with E-state index in [-0.39, 0.29) is 5.91 Å². The average Bonchev–Trinajstić information content (AvgIpc) is 3.09. The molecule has 1 amide bonds. The third kappa shape index (κ3) is 4.56. The van der Waals surface area contributed by atoms with E-state index < -0.39 is 17.9 Å². The molecule has 0 bridgehead atoms. The Labute approximate surface area is 158 Å². The summed E-state index contributed by atoms with van der Waals surface area (Å²) in [4.78, 5) is 27.1. The molecule has 0 aliphatic heterocycles. The van der Waals surface area contributed by atoms with Crippen molar-refractivity contribution in [3.63, 3.8) is 0 Å². The lowest BCUT2D eigenvalue weighted by Crippen LogP contribution is -2.35. The molecular formula is C22H24N2O3. The average molecular weight is 364 g/mol. The third-order valence-electron chi connectivity index (χ3n) is 4.89. The van der Waals surface area contributed by atoms with E-state index >= 15 is 0 Å². The third-order valence-corrected chi connectivity index (χ3v) is 4.89. The van der Waals surface area contributed by atoms with Crippen molar-refractivity contribution >= 4 is 22.8 Å². The van der Waals surface area contributed by atoms with Crippen LogP contribution in [0.2, 0.25) is 0 Å². The maximum absolute atomic E-state index is 12.4. The van der Waals surface area contributed by atoms with E-state index in [2.05, 4.69) is 16.4 Å². The van der Waals surface area contributed by atoms with Gasteiger partial charge in [-0.05, 0) is 37.0 Å². The molecule has 5 nitrogen and oxygen atoms in total. The summed E-state index contributed by atoms with van der Waals surface area (Å²) in [5.41, 5.74) is 3.09. The van der Waals surface area contributed by atoms with Crippen LogP contribution in [0.15, 0.2) is 60.8 Å². The van der Waals surface area contributed by atoms with Gasteiger partial charge >= 0.3 is 5.97 Å². The molecule has 2 unspecified atom stereocenters. The van der Waals surface area contributed by atoms with E-state index in [9.17, 15) is 14.7 Å². The number of amides is 1. The number of para-hydroxylation sites is 1. The Balaban J connectivity index is 1.60. The highest BCUT2D eigenvalue weighted by atomic mass is 16.4. The predicted octanol–water partition coefficient (Wildman–Crippen LogP) is 4.07.